The SMILES string of the molecule is COC[C@]12CCCN1C[C@@H](F)C2. The lowest BCUT2D eigenvalue weighted by molar-refractivity contribution is 0.0652. The third-order valence-electron chi connectivity index (χ3n) is 3.17. The van der Waals surface area contributed by atoms with Crippen LogP contribution in [0.15, 0.2) is 0 Å². The lowest BCUT2D eigenvalue weighted by Crippen LogP contribution is -2.42. The van der Waals surface area contributed by atoms with E-state index in [1.807, 2.05) is 0 Å². The lowest BCUT2D eigenvalue weighted by atomic mass is 9.95. The average Bonchev–Trinajstić information content (AvgIpc) is 2.44. The molecule has 2 nitrogen and oxygen atoms in total. The highest BCUT2D eigenvalue weighted by Crippen LogP contribution is 2.39. The Kier molecular flexibility index (Phi) is 2.09. The van der Waals surface area contributed by atoms with Crippen molar-refractivity contribution in [2.24, 2.45) is 0 Å². The van der Waals surface area contributed by atoms with Gasteiger partial charge in [-0.3, -0.25) is 4.90 Å². The molecule has 0 saturated carbocycles. The minimum absolute atomic E-state index is 0.0637. The maximum Gasteiger partial charge on any atom is 0.115 e. The van der Waals surface area contributed by atoms with E-state index in [9.17, 15) is 4.39 Å². The Morgan fingerprint density at radius 3 is 3.25 bits per heavy atom. The maximum atomic E-state index is 13.1. The van der Waals surface area contributed by atoms with Crippen molar-refractivity contribution in [3.8, 4) is 0 Å². The van der Waals surface area contributed by atoms with Crippen molar-refractivity contribution >= 4 is 0 Å². The number of alkyl halides is 1. The van der Waals surface area contributed by atoms with Crippen LogP contribution in [-0.4, -0.2) is 43.4 Å². The Labute approximate surface area is 72.7 Å². The minimum atomic E-state index is -0.625. The van der Waals surface area contributed by atoms with E-state index in [-0.39, 0.29) is 5.54 Å². The van der Waals surface area contributed by atoms with E-state index < -0.39 is 6.17 Å². The molecule has 0 radical (unpaired) electrons. The fourth-order valence-corrected chi connectivity index (χ4v) is 2.72. The quantitative estimate of drug-likeness (QED) is 0.622. The van der Waals surface area contributed by atoms with Crippen molar-refractivity contribution in [2.45, 2.75) is 31.0 Å². The van der Waals surface area contributed by atoms with Gasteiger partial charge in [-0.25, -0.2) is 4.39 Å². The third kappa shape index (κ3) is 1.15. The monoisotopic (exact) mass is 173 g/mol. The standard InChI is InChI=1S/C9H16FNO/c1-12-7-9-3-2-4-11(9)6-8(10)5-9/h8H,2-7H2,1H3/t8-,9+/m0/s1. The summed E-state index contributed by atoms with van der Waals surface area (Å²) in [6.45, 7) is 2.39. The van der Waals surface area contributed by atoms with Gasteiger partial charge in [0.1, 0.15) is 6.17 Å². The molecule has 2 aliphatic rings. The van der Waals surface area contributed by atoms with Gasteiger partial charge < -0.3 is 4.74 Å². The molecule has 3 heteroatoms. The summed E-state index contributed by atoms with van der Waals surface area (Å²) in [6.07, 6.45) is 2.37. The van der Waals surface area contributed by atoms with E-state index >= 15 is 0 Å². The minimum Gasteiger partial charge on any atom is -0.383 e. The van der Waals surface area contributed by atoms with E-state index in [1.54, 1.807) is 7.11 Å². The molecule has 0 bridgehead atoms. The molecule has 0 amide bonds. The zero-order valence-corrected chi connectivity index (χ0v) is 7.55. The van der Waals surface area contributed by atoms with Gasteiger partial charge in [-0.1, -0.05) is 0 Å². The molecule has 2 heterocycles. The number of halogens is 1. The van der Waals surface area contributed by atoms with Crippen LogP contribution in [0, 0.1) is 0 Å². The van der Waals surface area contributed by atoms with Crippen LogP contribution in [0.2, 0.25) is 0 Å². The highest BCUT2D eigenvalue weighted by Gasteiger charge is 2.48. The fourth-order valence-electron chi connectivity index (χ4n) is 2.72. The van der Waals surface area contributed by atoms with Crippen LogP contribution in [0.4, 0.5) is 4.39 Å². The van der Waals surface area contributed by atoms with Gasteiger partial charge in [0.2, 0.25) is 0 Å². The Hall–Kier alpha value is -0.150. The first-order valence-corrected chi connectivity index (χ1v) is 4.65. The van der Waals surface area contributed by atoms with Crippen LogP contribution < -0.4 is 0 Å². The van der Waals surface area contributed by atoms with Gasteiger partial charge in [0.05, 0.1) is 6.61 Å². The smallest absolute Gasteiger partial charge is 0.115 e. The van der Waals surface area contributed by atoms with Gasteiger partial charge in [0.25, 0.3) is 0 Å². The third-order valence-corrected chi connectivity index (χ3v) is 3.17. The molecule has 0 aromatic rings. The first kappa shape index (κ1) is 8.45. The van der Waals surface area contributed by atoms with Gasteiger partial charge >= 0.3 is 0 Å². The van der Waals surface area contributed by atoms with E-state index in [0.29, 0.717) is 19.6 Å². The van der Waals surface area contributed by atoms with Crippen LogP contribution in [0.3, 0.4) is 0 Å². The van der Waals surface area contributed by atoms with Gasteiger partial charge in [0, 0.05) is 25.6 Å². The molecular weight excluding hydrogens is 157 g/mol. The predicted octanol–water partition coefficient (Wildman–Crippen LogP) is 1.21. The largest absolute Gasteiger partial charge is 0.383 e. The summed E-state index contributed by atoms with van der Waals surface area (Å²) >= 11 is 0. The van der Waals surface area contributed by atoms with Gasteiger partial charge in [-0.05, 0) is 19.4 Å². The molecule has 0 unspecified atom stereocenters. The zero-order valence-electron chi connectivity index (χ0n) is 7.55. The van der Waals surface area contributed by atoms with Crippen molar-refractivity contribution < 1.29 is 9.13 Å². The number of methoxy groups -OCH3 is 1. The van der Waals surface area contributed by atoms with Gasteiger partial charge in [-0.2, -0.15) is 0 Å². The van der Waals surface area contributed by atoms with E-state index in [4.69, 9.17) is 4.74 Å². The van der Waals surface area contributed by atoms with E-state index in [1.165, 1.54) is 6.42 Å². The Morgan fingerprint density at radius 1 is 1.67 bits per heavy atom. The molecule has 12 heavy (non-hydrogen) atoms. The molecule has 70 valence electrons. The second-order valence-electron chi connectivity index (χ2n) is 4.01. The Balaban J connectivity index is 2.09. The molecule has 2 saturated heterocycles. The first-order chi connectivity index (χ1) is 5.77. The molecule has 0 aromatic carbocycles. The molecule has 2 atom stereocenters. The molecule has 0 spiro atoms. The van der Waals surface area contributed by atoms with Crippen LogP contribution in [0.25, 0.3) is 0 Å². The lowest BCUT2D eigenvalue weighted by Gasteiger charge is -2.30. The summed E-state index contributed by atoms with van der Waals surface area (Å²) in [5, 5.41) is 0. The second kappa shape index (κ2) is 2.96. The summed E-state index contributed by atoms with van der Waals surface area (Å²) in [5.74, 6) is 0. The number of nitrogens with zero attached hydrogens (tertiary/aromatic N) is 1. The molecule has 2 fully saturated rings. The van der Waals surface area contributed by atoms with Crippen LogP contribution in [0.1, 0.15) is 19.3 Å². The van der Waals surface area contributed by atoms with Crippen molar-refractivity contribution in [1.29, 1.82) is 0 Å². The average molecular weight is 173 g/mol. The van der Waals surface area contributed by atoms with Crippen molar-refractivity contribution in [2.75, 3.05) is 26.8 Å². The molecule has 2 rings (SSSR count). The van der Waals surface area contributed by atoms with E-state index in [0.717, 1.165) is 13.0 Å². The highest BCUT2D eigenvalue weighted by atomic mass is 19.1. The Bertz CT molecular complexity index is 176. The maximum absolute atomic E-state index is 13.1. The summed E-state index contributed by atoms with van der Waals surface area (Å²) in [5.41, 5.74) is 0.0637. The first-order valence-electron chi connectivity index (χ1n) is 4.65. The normalized spacial score (nSPS) is 42.0. The Morgan fingerprint density at radius 2 is 2.50 bits per heavy atom. The summed E-state index contributed by atoms with van der Waals surface area (Å²) in [6, 6.07) is 0. The number of rotatable bonds is 2. The molecular formula is C9H16FNO. The van der Waals surface area contributed by atoms with Crippen molar-refractivity contribution in [3.05, 3.63) is 0 Å². The van der Waals surface area contributed by atoms with Crippen molar-refractivity contribution in [1.82, 2.24) is 4.90 Å². The topological polar surface area (TPSA) is 12.5 Å². The van der Waals surface area contributed by atoms with Crippen LogP contribution >= 0.6 is 0 Å². The van der Waals surface area contributed by atoms with Gasteiger partial charge in [-0.15, -0.1) is 0 Å². The second-order valence-corrected chi connectivity index (χ2v) is 4.01. The molecule has 0 N–H and O–H groups in total. The zero-order chi connectivity index (χ0) is 8.60. The predicted molar refractivity (Wildman–Crippen MR) is 44.9 cm³/mol. The number of ether oxygens (including phenoxy) is 1. The highest BCUT2D eigenvalue weighted by molar-refractivity contribution is 5.03. The molecule has 0 aromatic heterocycles. The van der Waals surface area contributed by atoms with Crippen LogP contribution in [0.5, 0.6) is 0 Å². The van der Waals surface area contributed by atoms with Gasteiger partial charge in [0.15, 0.2) is 0 Å². The summed E-state index contributed by atoms with van der Waals surface area (Å²) in [4.78, 5) is 2.27. The van der Waals surface area contributed by atoms with E-state index in [2.05, 4.69) is 4.90 Å². The molecule has 2 aliphatic heterocycles. The molecule has 0 aliphatic carbocycles. The fraction of sp³-hybridized carbons (Fsp3) is 1.00. The van der Waals surface area contributed by atoms with Crippen LogP contribution in [-0.2, 0) is 4.74 Å². The summed E-state index contributed by atoms with van der Waals surface area (Å²) < 4.78 is 18.3. The summed E-state index contributed by atoms with van der Waals surface area (Å²) in [7, 11) is 1.71. The number of hydrogen-bond donors (Lipinski definition) is 0. The number of fused-ring (bicyclic) bond motifs is 1. The van der Waals surface area contributed by atoms with Crippen molar-refractivity contribution in [3.63, 3.8) is 0 Å². The number of hydrogen-bond acceptors (Lipinski definition) is 2.